The maximum absolute atomic E-state index is 7.05. The van der Waals surface area contributed by atoms with Gasteiger partial charge in [-0.05, 0) is 103 Å². The Hall–Kier alpha value is -6.64. The van der Waals surface area contributed by atoms with Crippen LogP contribution in [0.3, 0.4) is 0 Å². The maximum Gasteiger partial charge on any atom is 0.143 e. The van der Waals surface area contributed by atoms with Crippen LogP contribution in [0, 0.1) is 0 Å². The Morgan fingerprint density at radius 3 is 1.96 bits per heavy atom. The molecule has 11 rings (SSSR count). The van der Waals surface area contributed by atoms with E-state index in [-0.39, 0.29) is 5.41 Å². The van der Waals surface area contributed by atoms with Gasteiger partial charge in [0.05, 0.1) is 11.1 Å². The smallest absolute Gasteiger partial charge is 0.143 e. The van der Waals surface area contributed by atoms with Crippen LogP contribution in [-0.4, -0.2) is 0 Å². The van der Waals surface area contributed by atoms with Crippen molar-refractivity contribution in [3.63, 3.8) is 0 Å². The first-order valence-corrected chi connectivity index (χ1v) is 18.4. The van der Waals surface area contributed by atoms with Crippen LogP contribution < -0.4 is 4.90 Å². The van der Waals surface area contributed by atoms with Gasteiger partial charge >= 0.3 is 0 Å². The first-order valence-electron chi connectivity index (χ1n) is 18.4. The number of fused-ring (bicyclic) bond motifs is 9. The number of benzene rings is 9. The summed E-state index contributed by atoms with van der Waals surface area (Å²) in [5, 5.41) is 9.44. The third-order valence-electron chi connectivity index (χ3n) is 11.6. The fourth-order valence-electron chi connectivity index (χ4n) is 9.08. The van der Waals surface area contributed by atoms with E-state index in [9.17, 15) is 0 Å². The summed E-state index contributed by atoms with van der Waals surface area (Å²) in [5.74, 6) is 0. The molecule has 0 atom stereocenters. The van der Waals surface area contributed by atoms with E-state index in [2.05, 4.69) is 195 Å². The van der Waals surface area contributed by atoms with Crippen LogP contribution in [0.5, 0.6) is 0 Å². The predicted molar refractivity (Wildman–Crippen MR) is 224 cm³/mol. The molecule has 0 fully saturated rings. The lowest BCUT2D eigenvalue weighted by Crippen LogP contribution is -2.16. The van der Waals surface area contributed by atoms with Gasteiger partial charge in [0.2, 0.25) is 0 Å². The minimum absolute atomic E-state index is 0.127. The molecule has 0 N–H and O–H groups in total. The Labute approximate surface area is 308 Å². The maximum atomic E-state index is 7.05. The van der Waals surface area contributed by atoms with Gasteiger partial charge < -0.3 is 9.32 Å². The fourth-order valence-corrected chi connectivity index (χ4v) is 9.08. The van der Waals surface area contributed by atoms with Crippen LogP contribution >= 0.6 is 0 Å². The van der Waals surface area contributed by atoms with Crippen LogP contribution in [0.1, 0.15) is 25.0 Å². The zero-order chi connectivity index (χ0) is 35.3. The summed E-state index contributed by atoms with van der Waals surface area (Å²) < 4.78 is 7.05. The molecule has 0 saturated carbocycles. The lowest BCUT2D eigenvalue weighted by Gasteiger charge is -2.29. The highest BCUT2D eigenvalue weighted by molar-refractivity contribution is 6.23. The molecule has 1 aliphatic rings. The van der Waals surface area contributed by atoms with E-state index >= 15 is 0 Å². The second-order valence-corrected chi connectivity index (χ2v) is 14.9. The second kappa shape index (κ2) is 11.2. The van der Waals surface area contributed by atoms with E-state index in [0.29, 0.717) is 0 Å². The zero-order valence-corrected chi connectivity index (χ0v) is 29.6. The minimum atomic E-state index is -0.127. The van der Waals surface area contributed by atoms with Gasteiger partial charge in [0, 0.05) is 27.7 Å². The van der Waals surface area contributed by atoms with Gasteiger partial charge in [0.15, 0.2) is 0 Å². The van der Waals surface area contributed by atoms with Crippen molar-refractivity contribution in [1.29, 1.82) is 0 Å². The Kier molecular flexibility index (Phi) is 6.33. The van der Waals surface area contributed by atoms with Crippen molar-refractivity contribution in [2.45, 2.75) is 19.3 Å². The van der Waals surface area contributed by atoms with Crippen LogP contribution in [0.15, 0.2) is 180 Å². The lowest BCUT2D eigenvalue weighted by molar-refractivity contribution is 0.660. The van der Waals surface area contributed by atoms with Crippen molar-refractivity contribution in [2.75, 3.05) is 4.90 Å². The number of nitrogens with zero attached hydrogens (tertiary/aromatic N) is 1. The van der Waals surface area contributed by atoms with Crippen molar-refractivity contribution in [2.24, 2.45) is 0 Å². The quantitative estimate of drug-likeness (QED) is 0.184. The van der Waals surface area contributed by atoms with Crippen molar-refractivity contribution in [1.82, 2.24) is 0 Å². The van der Waals surface area contributed by atoms with E-state index in [1.807, 2.05) is 0 Å². The molecule has 9 aromatic carbocycles. The average molecular weight is 678 g/mol. The molecule has 250 valence electrons. The number of hydrogen-bond donors (Lipinski definition) is 0. The molecule has 1 aromatic heterocycles. The molecule has 0 saturated heterocycles. The van der Waals surface area contributed by atoms with Gasteiger partial charge in [-0.2, -0.15) is 0 Å². The molecule has 0 aliphatic heterocycles. The number of rotatable bonds is 4. The molecule has 2 nitrogen and oxygen atoms in total. The first kappa shape index (κ1) is 30.0. The first-order chi connectivity index (χ1) is 26.0. The van der Waals surface area contributed by atoms with Crippen molar-refractivity contribution < 1.29 is 4.42 Å². The van der Waals surface area contributed by atoms with Crippen molar-refractivity contribution >= 4 is 71.3 Å². The van der Waals surface area contributed by atoms with Crippen LogP contribution in [0.25, 0.3) is 76.5 Å². The van der Waals surface area contributed by atoms with Crippen LogP contribution in [0.2, 0.25) is 0 Å². The zero-order valence-electron chi connectivity index (χ0n) is 29.6. The molecule has 1 aliphatic carbocycles. The van der Waals surface area contributed by atoms with Crippen molar-refractivity contribution in [3.8, 4) is 22.3 Å². The molecule has 0 spiro atoms. The van der Waals surface area contributed by atoms with E-state index in [4.69, 9.17) is 4.42 Å². The molecule has 10 aromatic rings. The molecular weight excluding hydrogens is 643 g/mol. The molecule has 1 heterocycles. The monoisotopic (exact) mass is 677 g/mol. The summed E-state index contributed by atoms with van der Waals surface area (Å²) in [6.07, 6.45) is 0. The average Bonchev–Trinajstić information content (AvgIpc) is 3.69. The van der Waals surface area contributed by atoms with E-state index in [0.717, 1.165) is 44.6 Å². The molecule has 0 amide bonds. The molecule has 2 heteroatoms. The standard InChI is InChI=1S/C51H35NO/c1-51(2)44-22-10-9-20-40(44)41-28-27-37(31-45(41)51)52(36-26-25-32-13-3-4-15-34(32)29-36)46-23-12-24-47-49(46)43-30-35-16-6-8-19-39(35)48(50(43)53-47)42-21-11-17-33-14-5-7-18-38(33)42/h3-31H,1-2H3. The number of hydrogen-bond acceptors (Lipinski definition) is 2. The van der Waals surface area contributed by atoms with E-state index in [1.54, 1.807) is 0 Å². The molecule has 0 bridgehead atoms. The van der Waals surface area contributed by atoms with Gasteiger partial charge in [0.1, 0.15) is 11.2 Å². The summed E-state index contributed by atoms with van der Waals surface area (Å²) in [4.78, 5) is 2.44. The largest absolute Gasteiger partial charge is 0.455 e. The van der Waals surface area contributed by atoms with Crippen molar-refractivity contribution in [3.05, 3.63) is 187 Å². The topological polar surface area (TPSA) is 16.4 Å². The SMILES string of the molecule is CC1(C)c2ccccc2-c2ccc(N(c3ccc4ccccc4c3)c3cccc4oc5c(-c6cccc7ccccc67)c6ccccc6cc5c34)cc21. The summed E-state index contributed by atoms with van der Waals surface area (Å²) >= 11 is 0. The minimum Gasteiger partial charge on any atom is -0.455 e. The summed E-state index contributed by atoms with van der Waals surface area (Å²) in [6, 6.07) is 64.1. The third-order valence-corrected chi connectivity index (χ3v) is 11.6. The van der Waals surface area contributed by atoms with E-state index in [1.165, 1.54) is 60.1 Å². The van der Waals surface area contributed by atoms with Gasteiger partial charge in [-0.25, -0.2) is 0 Å². The second-order valence-electron chi connectivity index (χ2n) is 14.9. The third kappa shape index (κ3) is 4.39. The number of anilines is 3. The van der Waals surface area contributed by atoms with Gasteiger partial charge in [-0.15, -0.1) is 0 Å². The Morgan fingerprint density at radius 1 is 0.434 bits per heavy atom. The van der Waals surface area contributed by atoms with Gasteiger partial charge in [-0.3, -0.25) is 0 Å². The predicted octanol–water partition coefficient (Wildman–Crippen LogP) is 14.5. The summed E-state index contributed by atoms with van der Waals surface area (Å²) in [7, 11) is 0. The Morgan fingerprint density at radius 2 is 1.08 bits per heavy atom. The van der Waals surface area contributed by atoms with Gasteiger partial charge in [-0.1, -0.05) is 147 Å². The lowest BCUT2D eigenvalue weighted by atomic mass is 9.82. The Bertz CT molecular complexity index is 3100. The highest BCUT2D eigenvalue weighted by Gasteiger charge is 2.36. The fraction of sp³-hybridized carbons (Fsp3) is 0.0588. The molecule has 53 heavy (non-hydrogen) atoms. The summed E-state index contributed by atoms with van der Waals surface area (Å²) in [6.45, 7) is 4.71. The molecule has 0 radical (unpaired) electrons. The molecule has 0 unspecified atom stereocenters. The normalized spacial score (nSPS) is 13.2. The summed E-state index contributed by atoms with van der Waals surface area (Å²) in [5.41, 5.74) is 12.6. The van der Waals surface area contributed by atoms with Crippen LogP contribution in [0.4, 0.5) is 17.1 Å². The van der Waals surface area contributed by atoms with E-state index < -0.39 is 0 Å². The highest BCUT2D eigenvalue weighted by Crippen LogP contribution is 2.52. The number of furan rings is 1. The molecular formula is C51H35NO. The Balaban J connectivity index is 1.22. The van der Waals surface area contributed by atoms with Gasteiger partial charge in [0.25, 0.3) is 0 Å². The highest BCUT2D eigenvalue weighted by atomic mass is 16.3. The van der Waals surface area contributed by atoms with Crippen LogP contribution in [-0.2, 0) is 5.41 Å².